The third kappa shape index (κ3) is 37.4. The lowest BCUT2D eigenvalue weighted by atomic mass is 10.0. The molecule has 0 aliphatic rings. The van der Waals surface area contributed by atoms with Crippen LogP contribution in [0.2, 0.25) is 0 Å². The minimum atomic E-state index is -4.56. The van der Waals surface area contributed by atoms with E-state index in [1.165, 1.54) is 122 Å². The zero-order chi connectivity index (χ0) is 37.9. The molecule has 0 saturated heterocycles. The Morgan fingerprint density at radius 1 is 0.667 bits per heavy atom. The smallest absolute Gasteiger partial charge is 0.268 e. The maximum Gasteiger partial charge on any atom is 0.268 e. The van der Waals surface area contributed by atoms with Gasteiger partial charge in [-0.2, -0.15) is 0 Å². The Hall–Kier alpha value is -0.760. The Morgan fingerprint density at radius 2 is 1.08 bits per heavy atom. The molecule has 0 aromatic carbocycles. The summed E-state index contributed by atoms with van der Waals surface area (Å²) in [6.45, 7) is 4.71. The second-order valence-electron chi connectivity index (χ2n) is 16.1. The normalized spacial score (nSPS) is 14.6. The molecule has 0 spiro atoms. The number of aliphatic hydroxyl groups is 1. The molecule has 1 amide bonds. The summed E-state index contributed by atoms with van der Waals surface area (Å²) >= 11 is 0. The van der Waals surface area contributed by atoms with Crippen LogP contribution in [-0.2, 0) is 18.4 Å². The van der Waals surface area contributed by atoms with Crippen LogP contribution in [0.15, 0.2) is 12.2 Å². The lowest BCUT2D eigenvalue weighted by Gasteiger charge is -2.30. The first-order chi connectivity index (χ1) is 24.5. The molecule has 51 heavy (non-hydrogen) atoms. The van der Waals surface area contributed by atoms with Crippen LogP contribution in [0.25, 0.3) is 0 Å². The van der Waals surface area contributed by atoms with Crippen LogP contribution in [0.4, 0.5) is 0 Å². The van der Waals surface area contributed by atoms with E-state index in [0.29, 0.717) is 23.9 Å². The zero-order valence-electron chi connectivity index (χ0n) is 34.3. The van der Waals surface area contributed by atoms with Gasteiger partial charge in [0.2, 0.25) is 5.91 Å². The molecule has 0 rings (SSSR count). The van der Waals surface area contributed by atoms with Gasteiger partial charge in [-0.05, 0) is 38.5 Å². The number of unbranched alkanes of at least 4 members (excludes halogenated alkanes) is 24. The molecule has 0 saturated carbocycles. The van der Waals surface area contributed by atoms with Gasteiger partial charge in [-0.25, -0.2) is 0 Å². The molecule has 0 heterocycles. The van der Waals surface area contributed by atoms with Crippen LogP contribution in [0, 0.1) is 0 Å². The number of quaternary nitrogens is 1. The van der Waals surface area contributed by atoms with E-state index in [1.807, 2.05) is 21.1 Å². The fraction of sp³-hybridized carbons (Fsp3) is 0.929. The molecule has 9 heteroatoms. The lowest BCUT2D eigenvalue weighted by molar-refractivity contribution is -0.870. The first kappa shape index (κ1) is 50.2. The minimum Gasteiger partial charge on any atom is -0.756 e. The maximum atomic E-state index is 12.8. The summed E-state index contributed by atoms with van der Waals surface area (Å²) in [5.41, 5.74) is 0. The van der Waals surface area contributed by atoms with Crippen LogP contribution in [-0.4, -0.2) is 68.5 Å². The standard InChI is InChI=1S/C42H85N2O6P/c1-6-8-10-12-14-16-18-20-22-24-26-28-30-32-34-36-42(46)43-40(39-50-51(47,48)49-38-37-44(3,4)5)41(45)35-33-31-29-27-25-23-21-19-17-15-13-11-9-7-2/h20,22,40-41,45H,6-19,21,23-39H2,1-5H3,(H-,43,46,47,48)/b22-20+/t40-,41+/m0/s1. The Balaban J connectivity index is 4.40. The number of carbonyl (C=O) groups is 1. The number of nitrogens with zero attached hydrogens (tertiary/aromatic N) is 1. The molecular formula is C42H85N2O6P. The van der Waals surface area contributed by atoms with E-state index >= 15 is 0 Å². The van der Waals surface area contributed by atoms with Gasteiger partial charge in [0, 0.05) is 6.42 Å². The van der Waals surface area contributed by atoms with E-state index in [-0.39, 0.29) is 19.1 Å². The first-order valence-corrected chi connectivity index (χ1v) is 23.0. The van der Waals surface area contributed by atoms with E-state index < -0.39 is 20.0 Å². The minimum absolute atomic E-state index is 0.0123. The topological polar surface area (TPSA) is 108 Å². The van der Waals surface area contributed by atoms with Gasteiger partial charge < -0.3 is 28.8 Å². The van der Waals surface area contributed by atoms with Gasteiger partial charge in [0.15, 0.2) is 0 Å². The highest BCUT2D eigenvalue weighted by molar-refractivity contribution is 7.45. The molecular weight excluding hydrogens is 659 g/mol. The number of aliphatic hydroxyl groups excluding tert-OH is 1. The van der Waals surface area contributed by atoms with E-state index in [2.05, 4.69) is 31.3 Å². The summed E-state index contributed by atoms with van der Waals surface area (Å²) < 4.78 is 23.2. The molecule has 0 aliphatic carbocycles. The fourth-order valence-corrected chi connectivity index (χ4v) is 6.99. The third-order valence-electron chi connectivity index (χ3n) is 9.75. The van der Waals surface area contributed by atoms with Crippen LogP contribution in [0.5, 0.6) is 0 Å². The van der Waals surface area contributed by atoms with E-state index in [4.69, 9.17) is 9.05 Å². The molecule has 0 aromatic heterocycles. The highest BCUT2D eigenvalue weighted by atomic mass is 31.2. The first-order valence-electron chi connectivity index (χ1n) is 21.5. The molecule has 8 nitrogen and oxygen atoms in total. The number of nitrogens with one attached hydrogen (secondary N) is 1. The SMILES string of the molecule is CCCCCCCC/C=C/CCCCCCCC(=O)N[C@@H](COP(=O)([O-])OCC[N+](C)(C)C)[C@H](O)CCCCCCCCCCCCCCCC. The van der Waals surface area contributed by atoms with Crippen molar-refractivity contribution in [3.8, 4) is 0 Å². The Labute approximate surface area is 316 Å². The number of hydrogen-bond acceptors (Lipinski definition) is 6. The van der Waals surface area contributed by atoms with Crippen LogP contribution in [0.1, 0.15) is 200 Å². The predicted molar refractivity (Wildman–Crippen MR) is 215 cm³/mol. The van der Waals surface area contributed by atoms with Gasteiger partial charge in [-0.15, -0.1) is 0 Å². The van der Waals surface area contributed by atoms with Crippen molar-refractivity contribution in [1.29, 1.82) is 0 Å². The van der Waals surface area contributed by atoms with E-state index in [0.717, 1.165) is 51.4 Å². The molecule has 3 atom stereocenters. The zero-order valence-corrected chi connectivity index (χ0v) is 35.2. The van der Waals surface area contributed by atoms with Crippen molar-refractivity contribution >= 4 is 13.7 Å². The number of phosphoric ester groups is 1. The predicted octanol–water partition coefficient (Wildman–Crippen LogP) is 10.9. The Morgan fingerprint density at radius 3 is 1.53 bits per heavy atom. The second-order valence-corrected chi connectivity index (χ2v) is 17.5. The van der Waals surface area contributed by atoms with E-state index in [9.17, 15) is 19.4 Å². The van der Waals surface area contributed by atoms with Crippen LogP contribution in [0.3, 0.4) is 0 Å². The maximum absolute atomic E-state index is 12.8. The van der Waals surface area contributed by atoms with Crippen molar-refractivity contribution < 1.29 is 32.9 Å². The highest BCUT2D eigenvalue weighted by Crippen LogP contribution is 2.38. The summed E-state index contributed by atoms with van der Waals surface area (Å²) in [5.74, 6) is -0.173. The number of phosphoric acid groups is 1. The molecule has 304 valence electrons. The molecule has 0 bridgehead atoms. The Bertz CT molecular complexity index is 850. The molecule has 2 N–H and O–H groups in total. The number of allylic oxidation sites excluding steroid dienone is 2. The van der Waals surface area contributed by atoms with Crippen molar-refractivity contribution in [3.05, 3.63) is 12.2 Å². The number of hydrogen-bond donors (Lipinski definition) is 2. The van der Waals surface area contributed by atoms with Gasteiger partial charge in [-0.1, -0.05) is 167 Å². The lowest BCUT2D eigenvalue weighted by Crippen LogP contribution is -2.46. The van der Waals surface area contributed by atoms with Crippen molar-refractivity contribution in [2.45, 2.75) is 212 Å². The summed E-state index contributed by atoms with van der Waals surface area (Å²) in [5, 5.41) is 13.9. The van der Waals surface area contributed by atoms with Crippen molar-refractivity contribution in [2.24, 2.45) is 0 Å². The van der Waals surface area contributed by atoms with Gasteiger partial charge in [-0.3, -0.25) is 9.36 Å². The molecule has 0 aromatic rings. The van der Waals surface area contributed by atoms with Crippen molar-refractivity contribution in [2.75, 3.05) is 40.9 Å². The average Bonchev–Trinajstić information content (AvgIpc) is 3.07. The summed E-state index contributed by atoms with van der Waals surface area (Å²) in [6, 6.07) is -0.799. The van der Waals surface area contributed by atoms with Gasteiger partial charge in [0.1, 0.15) is 13.2 Å². The number of amides is 1. The van der Waals surface area contributed by atoms with Gasteiger partial charge >= 0.3 is 0 Å². The molecule has 1 unspecified atom stereocenters. The average molecular weight is 745 g/mol. The quantitative estimate of drug-likeness (QED) is 0.0281. The van der Waals surface area contributed by atoms with Crippen molar-refractivity contribution in [1.82, 2.24) is 5.32 Å². The Kier molecular flexibility index (Phi) is 34.5. The molecule has 0 aliphatic heterocycles. The van der Waals surface area contributed by atoms with Crippen LogP contribution >= 0.6 is 7.82 Å². The largest absolute Gasteiger partial charge is 0.756 e. The molecule has 0 radical (unpaired) electrons. The fourth-order valence-electron chi connectivity index (χ4n) is 6.27. The number of rotatable bonds is 39. The second kappa shape index (κ2) is 35.0. The summed E-state index contributed by atoms with van der Waals surface area (Å²) in [4.78, 5) is 25.3. The summed E-state index contributed by atoms with van der Waals surface area (Å²) in [6.07, 6.45) is 37.7. The number of carbonyl (C=O) groups excluding carboxylic acids is 1. The van der Waals surface area contributed by atoms with Crippen LogP contribution < -0.4 is 10.2 Å². The van der Waals surface area contributed by atoms with Gasteiger partial charge in [0.25, 0.3) is 7.82 Å². The summed E-state index contributed by atoms with van der Waals surface area (Å²) in [7, 11) is 1.30. The van der Waals surface area contributed by atoms with E-state index in [1.54, 1.807) is 0 Å². The van der Waals surface area contributed by atoms with Gasteiger partial charge in [0.05, 0.1) is 39.9 Å². The van der Waals surface area contributed by atoms with Crippen molar-refractivity contribution in [3.63, 3.8) is 0 Å². The highest BCUT2D eigenvalue weighted by Gasteiger charge is 2.24. The molecule has 0 fully saturated rings. The monoisotopic (exact) mass is 745 g/mol. The third-order valence-corrected chi connectivity index (χ3v) is 10.7. The number of likely N-dealkylation sites (N-methyl/N-ethyl adjacent to an activating group) is 1.